The van der Waals surface area contributed by atoms with Gasteiger partial charge >= 0.3 is 0 Å². The topological polar surface area (TPSA) is 77.1 Å². The number of hydrogen-bond donors (Lipinski definition) is 2. The summed E-state index contributed by atoms with van der Waals surface area (Å²) in [6.45, 7) is 3.08. The van der Waals surface area contributed by atoms with E-state index in [2.05, 4.69) is 11.6 Å². The second-order valence-electron chi connectivity index (χ2n) is 6.85. The Bertz CT molecular complexity index is 611. The monoisotopic (exact) mass is 311 g/mol. The van der Waals surface area contributed by atoms with Crippen molar-refractivity contribution in [2.24, 2.45) is 11.1 Å². The fraction of sp³-hybridized carbons (Fsp3) is 0.733. The normalized spacial score (nSPS) is 21.8. The summed E-state index contributed by atoms with van der Waals surface area (Å²) in [6.07, 6.45) is 8.60. The molecule has 0 saturated heterocycles. The number of nitrogens with zero attached hydrogens (tertiary/aromatic N) is 1. The van der Waals surface area contributed by atoms with E-state index in [0.29, 0.717) is 24.0 Å². The average molecular weight is 311 g/mol. The fourth-order valence-corrected chi connectivity index (χ4v) is 4.51. The molecule has 2 aliphatic carbocycles. The van der Waals surface area contributed by atoms with Gasteiger partial charge in [0.1, 0.15) is 0 Å². The molecule has 6 heteroatoms. The van der Waals surface area contributed by atoms with Crippen LogP contribution in [0.3, 0.4) is 0 Å². The molecule has 1 aromatic heterocycles. The number of rotatable bonds is 6. The summed E-state index contributed by atoms with van der Waals surface area (Å²) in [5, 5.41) is 0. The molecule has 0 bridgehead atoms. The van der Waals surface area contributed by atoms with Crippen LogP contribution in [0.2, 0.25) is 0 Å². The van der Waals surface area contributed by atoms with Gasteiger partial charge in [0, 0.05) is 31.0 Å². The van der Waals surface area contributed by atoms with E-state index in [9.17, 15) is 8.42 Å². The van der Waals surface area contributed by atoms with Crippen LogP contribution in [-0.4, -0.2) is 19.5 Å². The van der Waals surface area contributed by atoms with E-state index in [1.54, 1.807) is 12.3 Å². The largest absolute Gasteiger partial charge is 0.346 e. The van der Waals surface area contributed by atoms with E-state index in [1.807, 2.05) is 4.57 Å². The van der Waals surface area contributed by atoms with Gasteiger partial charge in [-0.15, -0.1) is 0 Å². The maximum absolute atomic E-state index is 12.5. The molecule has 3 rings (SSSR count). The minimum atomic E-state index is -3.43. The van der Waals surface area contributed by atoms with Crippen molar-refractivity contribution < 1.29 is 8.42 Å². The molecule has 0 unspecified atom stereocenters. The number of aromatic nitrogens is 1. The first-order valence-corrected chi connectivity index (χ1v) is 9.32. The van der Waals surface area contributed by atoms with Crippen LogP contribution in [-0.2, 0) is 16.6 Å². The SMILES string of the molecule is CC1(CNS(=O)(=O)c2cc(CN)n(C3CC3)c2)CCCC1. The van der Waals surface area contributed by atoms with E-state index in [-0.39, 0.29) is 5.41 Å². The molecule has 118 valence electrons. The molecule has 3 N–H and O–H groups in total. The zero-order chi connectivity index (χ0) is 15.1. The Hall–Kier alpha value is -0.850. The second kappa shape index (κ2) is 5.41. The summed E-state index contributed by atoms with van der Waals surface area (Å²) < 4.78 is 29.8. The minimum Gasteiger partial charge on any atom is -0.346 e. The Morgan fingerprint density at radius 2 is 2.05 bits per heavy atom. The summed E-state index contributed by atoms with van der Waals surface area (Å²) in [4.78, 5) is 0.358. The van der Waals surface area contributed by atoms with Gasteiger partial charge in [0.05, 0.1) is 4.90 Å². The van der Waals surface area contributed by atoms with E-state index < -0.39 is 10.0 Å². The van der Waals surface area contributed by atoms with E-state index in [1.165, 1.54) is 12.8 Å². The first kappa shape index (κ1) is 15.1. The second-order valence-corrected chi connectivity index (χ2v) is 8.62. The highest BCUT2D eigenvalue weighted by Gasteiger charge is 2.32. The van der Waals surface area contributed by atoms with Gasteiger partial charge in [0.25, 0.3) is 0 Å². The zero-order valence-electron chi connectivity index (χ0n) is 12.6. The standard InChI is InChI=1S/C15H25N3O2S/c1-15(6-2-3-7-15)11-17-21(19,20)14-8-13(9-16)18(10-14)12-4-5-12/h8,10,12,17H,2-7,9,11,16H2,1H3. The van der Waals surface area contributed by atoms with Gasteiger partial charge in [-0.05, 0) is 37.2 Å². The Morgan fingerprint density at radius 3 is 2.62 bits per heavy atom. The maximum atomic E-state index is 12.5. The Morgan fingerprint density at radius 1 is 1.38 bits per heavy atom. The van der Waals surface area contributed by atoms with Crippen LogP contribution in [0.4, 0.5) is 0 Å². The summed E-state index contributed by atoms with van der Waals surface area (Å²) in [6, 6.07) is 2.16. The first-order valence-electron chi connectivity index (χ1n) is 7.84. The van der Waals surface area contributed by atoms with Gasteiger partial charge in [0.2, 0.25) is 10.0 Å². The quantitative estimate of drug-likeness (QED) is 0.845. The highest BCUT2D eigenvalue weighted by Crippen LogP contribution is 2.38. The number of sulfonamides is 1. The number of nitrogens with two attached hydrogens (primary N) is 1. The third-order valence-corrected chi connectivity index (χ3v) is 6.23. The maximum Gasteiger partial charge on any atom is 0.242 e. The molecule has 2 fully saturated rings. The van der Waals surface area contributed by atoms with Gasteiger partial charge in [0.15, 0.2) is 0 Å². The first-order chi connectivity index (χ1) is 9.93. The predicted octanol–water partition coefficient (Wildman–Crippen LogP) is 2.14. The summed E-state index contributed by atoms with van der Waals surface area (Å²) in [7, 11) is -3.43. The van der Waals surface area contributed by atoms with Crippen molar-refractivity contribution in [2.75, 3.05) is 6.54 Å². The number of nitrogens with one attached hydrogen (secondary N) is 1. The molecule has 0 aliphatic heterocycles. The summed E-state index contributed by atoms with van der Waals surface area (Å²) in [5.41, 5.74) is 6.75. The molecule has 0 radical (unpaired) electrons. The van der Waals surface area contributed by atoms with Crippen LogP contribution < -0.4 is 10.5 Å². The average Bonchev–Trinajstić information content (AvgIpc) is 3.05. The lowest BCUT2D eigenvalue weighted by Crippen LogP contribution is -2.34. The predicted molar refractivity (Wildman–Crippen MR) is 82.4 cm³/mol. The van der Waals surface area contributed by atoms with Crippen molar-refractivity contribution in [1.29, 1.82) is 0 Å². The third kappa shape index (κ3) is 3.17. The highest BCUT2D eigenvalue weighted by atomic mass is 32.2. The minimum absolute atomic E-state index is 0.114. The molecule has 1 aromatic rings. The smallest absolute Gasteiger partial charge is 0.242 e. The van der Waals surface area contributed by atoms with Crippen molar-refractivity contribution in [1.82, 2.24) is 9.29 Å². The van der Waals surface area contributed by atoms with E-state index >= 15 is 0 Å². The Balaban J connectivity index is 1.75. The van der Waals surface area contributed by atoms with Gasteiger partial charge in [-0.25, -0.2) is 13.1 Å². The van der Waals surface area contributed by atoms with Gasteiger partial charge in [-0.2, -0.15) is 0 Å². The summed E-state index contributed by atoms with van der Waals surface area (Å²) >= 11 is 0. The molecule has 21 heavy (non-hydrogen) atoms. The van der Waals surface area contributed by atoms with E-state index in [4.69, 9.17) is 5.73 Å². The van der Waals surface area contributed by atoms with Crippen LogP contribution in [0.1, 0.15) is 57.2 Å². The summed E-state index contributed by atoms with van der Waals surface area (Å²) in [5.74, 6) is 0. The lowest BCUT2D eigenvalue weighted by Gasteiger charge is -2.23. The molecule has 0 atom stereocenters. The molecule has 0 spiro atoms. The molecule has 1 heterocycles. The van der Waals surface area contributed by atoms with Crippen molar-refractivity contribution in [2.45, 2.75) is 62.9 Å². The van der Waals surface area contributed by atoms with Crippen LogP contribution in [0.5, 0.6) is 0 Å². The van der Waals surface area contributed by atoms with Crippen molar-refractivity contribution in [3.63, 3.8) is 0 Å². The van der Waals surface area contributed by atoms with Gasteiger partial charge < -0.3 is 10.3 Å². The third-order valence-electron chi connectivity index (χ3n) is 4.87. The van der Waals surface area contributed by atoms with Crippen LogP contribution in [0.25, 0.3) is 0 Å². The Labute approximate surface area is 127 Å². The zero-order valence-corrected chi connectivity index (χ0v) is 13.5. The molecule has 2 aliphatic rings. The Kier molecular flexibility index (Phi) is 3.88. The van der Waals surface area contributed by atoms with Crippen LogP contribution in [0.15, 0.2) is 17.2 Å². The molecule has 5 nitrogen and oxygen atoms in total. The fourth-order valence-electron chi connectivity index (χ4n) is 3.26. The number of hydrogen-bond acceptors (Lipinski definition) is 3. The van der Waals surface area contributed by atoms with Crippen LogP contribution >= 0.6 is 0 Å². The van der Waals surface area contributed by atoms with Crippen molar-refractivity contribution >= 4 is 10.0 Å². The van der Waals surface area contributed by atoms with Gasteiger partial charge in [-0.3, -0.25) is 0 Å². The molecule has 2 saturated carbocycles. The van der Waals surface area contributed by atoms with Crippen LogP contribution in [0, 0.1) is 5.41 Å². The lowest BCUT2D eigenvalue weighted by molar-refractivity contribution is 0.336. The molecule has 0 amide bonds. The van der Waals surface area contributed by atoms with Gasteiger partial charge in [-0.1, -0.05) is 19.8 Å². The van der Waals surface area contributed by atoms with Crippen molar-refractivity contribution in [3.8, 4) is 0 Å². The molecular formula is C15H25N3O2S. The molecular weight excluding hydrogens is 286 g/mol. The van der Waals surface area contributed by atoms with Crippen molar-refractivity contribution in [3.05, 3.63) is 18.0 Å². The highest BCUT2D eigenvalue weighted by molar-refractivity contribution is 7.89. The van der Waals surface area contributed by atoms with E-state index in [0.717, 1.165) is 31.4 Å². The lowest BCUT2D eigenvalue weighted by atomic mass is 9.89. The molecule has 0 aromatic carbocycles.